The lowest BCUT2D eigenvalue weighted by atomic mass is 10.1. The molecular formula is C21H24N4O2S. The fourth-order valence-corrected chi connectivity index (χ4v) is 4.69. The Bertz CT molecular complexity index is 972. The molecule has 0 unspecified atom stereocenters. The Morgan fingerprint density at radius 3 is 2.86 bits per heavy atom. The molecule has 0 atom stereocenters. The van der Waals surface area contributed by atoms with Crippen LogP contribution in [0.25, 0.3) is 21.6 Å². The first kappa shape index (κ1) is 17.8. The van der Waals surface area contributed by atoms with Gasteiger partial charge >= 0.3 is 0 Å². The van der Waals surface area contributed by atoms with Gasteiger partial charge in [-0.3, -0.25) is 9.69 Å². The number of thiophene rings is 1. The van der Waals surface area contributed by atoms with Gasteiger partial charge in [0.05, 0.1) is 23.8 Å². The van der Waals surface area contributed by atoms with Gasteiger partial charge in [-0.2, -0.15) is 0 Å². The number of morpholine rings is 1. The number of rotatable bonds is 6. The van der Waals surface area contributed by atoms with E-state index in [4.69, 9.17) is 4.74 Å². The lowest BCUT2D eigenvalue weighted by Gasteiger charge is -2.27. The number of amides is 1. The molecule has 1 saturated carbocycles. The fraction of sp³-hybridized carbons (Fsp3) is 0.429. The molecule has 1 amide bonds. The van der Waals surface area contributed by atoms with E-state index in [0.717, 1.165) is 62.4 Å². The van der Waals surface area contributed by atoms with E-state index in [0.29, 0.717) is 12.6 Å². The maximum Gasteiger partial charge on any atom is 0.240 e. The summed E-state index contributed by atoms with van der Waals surface area (Å²) in [6, 6.07) is 8.68. The third-order valence-corrected chi connectivity index (χ3v) is 6.28. The molecule has 1 aliphatic carbocycles. The Hall–Kier alpha value is -2.22. The van der Waals surface area contributed by atoms with Crippen LogP contribution in [0.2, 0.25) is 0 Å². The van der Waals surface area contributed by atoms with Crippen molar-refractivity contribution >= 4 is 28.3 Å². The van der Waals surface area contributed by atoms with Crippen molar-refractivity contribution in [2.45, 2.75) is 32.0 Å². The fourth-order valence-electron chi connectivity index (χ4n) is 3.88. The SMILES string of the molecule is O=C(Cn1c(-c2cccs2)c(CN2CCOCC2)c2cccnc21)NC1CC1. The van der Waals surface area contributed by atoms with Gasteiger partial charge in [-0.1, -0.05) is 6.07 Å². The molecule has 3 aromatic heterocycles. The second-order valence-electron chi connectivity index (χ2n) is 7.50. The number of nitrogens with one attached hydrogen (secondary N) is 1. The summed E-state index contributed by atoms with van der Waals surface area (Å²) in [6.45, 7) is 4.55. The topological polar surface area (TPSA) is 59.4 Å². The van der Waals surface area contributed by atoms with Gasteiger partial charge in [0.15, 0.2) is 0 Å². The average Bonchev–Trinajstić information content (AvgIpc) is 3.26. The Balaban J connectivity index is 1.59. The van der Waals surface area contributed by atoms with E-state index in [2.05, 4.69) is 43.3 Å². The molecule has 1 aliphatic heterocycles. The first-order valence-corrected chi connectivity index (χ1v) is 10.8. The van der Waals surface area contributed by atoms with Gasteiger partial charge in [-0.15, -0.1) is 11.3 Å². The number of hydrogen-bond donors (Lipinski definition) is 1. The molecular weight excluding hydrogens is 372 g/mol. The van der Waals surface area contributed by atoms with Crippen LogP contribution in [0.15, 0.2) is 35.8 Å². The molecule has 1 saturated heterocycles. The largest absolute Gasteiger partial charge is 0.379 e. The van der Waals surface area contributed by atoms with E-state index in [9.17, 15) is 4.79 Å². The van der Waals surface area contributed by atoms with Gasteiger partial charge in [0.1, 0.15) is 12.2 Å². The Morgan fingerprint density at radius 2 is 2.11 bits per heavy atom. The normalized spacial score (nSPS) is 17.9. The second-order valence-corrected chi connectivity index (χ2v) is 8.44. The van der Waals surface area contributed by atoms with Crippen molar-refractivity contribution < 1.29 is 9.53 Å². The standard InChI is InChI=1S/C21H24N4O2S/c26-19(23-15-5-6-15)14-25-20(18-4-2-12-28-18)17(13-24-8-10-27-11-9-24)16-3-1-7-22-21(16)25/h1-4,7,12,15H,5-6,8-11,13-14H2,(H,23,26). The summed E-state index contributed by atoms with van der Waals surface area (Å²) in [5, 5.41) is 6.35. The number of nitrogens with zero attached hydrogens (tertiary/aromatic N) is 3. The van der Waals surface area contributed by atoms with E-state index >= 15 is 0 Å². The summed E-state index contributed by atoms with van der Waals surface area (Å²) >= 11 is 1.71. The van der Waals surface area contributed by atoms with Gasteiger partial charge in [-0.25, -0.2) is 4.98 Å². The minimum Gasteiger partial charge on any atom is -0.379 e. The van der Waals surface area contributed by atoms with Gasteiger partial charge in [-0.05, 0) is 36.4 Å². The van der Waals surface area contributed by atoms with Crippen molar-refractivity contribution in [3.8, 4) is 10.6 Å². The van der Waals surface area contributed by atoms with Crippen LogP contribution in [-0.2, 0) is 22.6 Å². The molecule has 3 aromatic rings. The van der Waals surface area contributed by atoms with Crippen molar-refractivity contribution in [2.75, 3.05) is 26.3 Å². The van der Waals surface area contributed by atoms with Crippen LogP contribution < -0.4 is 5.32 Å². The lowest BCUT2D eigenvalue weighted by molar-refractivity contribution is -0.121. The monoisotopic (exact) mass is 396 g/mol. The molecule has 2 aliphatic rings. The van der Waals surface area contributed by atoms with Crippen LogP contribution >= 0.6 is 11.3 Å². The van der Waals surface area contributed by atoms with Gasteiger partial charge in [0.2, 0.25) is 5.91 Å². The Morgan fingerprint density at radius 1 is 1.25 bits per heavy atom. The van der Waals surface area contributed by atoms with E-state index in [1.807, 2.05) is 12.3 Å². The predicted molar refractivity (Wildman–Crippen MR) is 110 cm³/mol. The maximum atomic E-state index is 12.6. The van der Waals surface area contributed by atoms with E-state index < -0.39 is 0 Å². The van der Waals surface area contributed by atoms with Crippen molar-refractivity contribution in [3.63, 3.8) is 0 Å². The zero-order chi connectivity index (χ0) is 18.9. The zero-order valence-electron chi connectivity index (χ0n) is 15.8. The number of aromatic nitrogens is 2. The highest BCUT2D eigenvalue weighted by Crippen LogP contribution is 2.36. The van der Waals surface area contributed by atoms with Gasteiger partial charge in [0.25, 0.3) is 0 Å². The third-order valence-electron chi connectivity index (χ3n) is 5.41. The number of carbonyl (C=O) groups excluding carboxylic acids is 1. The highest BCUT2D eigenvalue weighted by molar-refractivity contribution is 7.13. The van der Waals surface area contributed by atoms with Crippen LogP contribution in [0.3, 0.4) is 0 Å². The Kier molecular flexibility index (Phi) is 4.88. The quantitative estimate of drug-likeness (QED) is 0.696. The molecule has 0 aromatic carbocycles. The maximum absolute atomic E-state index is 12.6. The predicted octanol–water partition coefficient (Wildman–Crippen LogP) is 2.88. The molecule has 146 valence electrons. The molecule has 0 spiro atoms. The minimum absolute atomic E-state index is 0.0702. The van der Waals surface area contributed by atoms with Crippen molar-refractivity contribution in [1.29, 1.82) is 0 Å². The van der Waals surface area contributed by atoms with E-state index in [1.54, 1.807) is 11.3 Å². The third kappa shape index (κ3) is 3.57. The summed E-state index contributed by atoms with van der Waals surface area (Å²) in [4.78, 5) is 20.9. The Labute approximate surface area is 168 Å². The number of fused-ring (bicyclic) bond motifs is 1. The van der Waals surface area contributed by atoms with Crippen molar-refractivity contribution in [3.05, 3.63) is 41.4 Å². The first-order valence-electron chi connectivity index (χ1n) is 9.89. The van der Waals surface area contributed by atoms with Gasteiger partial charge < -0.3 is 14.6 Å². The van der Waals surface area contributed by atoms with Crippen LogP contribution in [0.4, 0.5) is 0 Å². The summed E-state index contributed by atoms with van der Waals surface area (Å²) in [7, 11) is 0. The highest BCUT2D eigenvalue weighted by atomic mass is 32.1. The molecule has 5 rings (SSSR count). The van der Waals surface area contributed by atoms with Crippen LogP contribution in [0, 0.1) is 0 Å². The number of pyridine rings is 1. The van der Waals surface area contributed by atoms with E-state index in [1.165, 1.54) is 10.4 Å². The van der Waals surface area contributed by atoms with Crippen LogP contribution in [0.5, 0.6) is 0 Å². The molecule has 6 nitrogen and oxygen atoms in total. The molecule has 0 bridgehead atoms. The molecule has 1 N–H and O–H groups in total. The number of ether oxygens (including phenoxy) is 1. The first-order chi connectivity index (χ1) is 13.8. The minimum atomic E-state index is 0.0702. The van der Waals surface area contributed by atoms with Crippen molar-refractivity contribution in [2.24, 2.45) is 0 Å². The number of carbonyl (C=O) groups is 1. The number of hydrogen-bond acceptors (Lipinski definition) is 5. The van der Waals surface area contributed by atoms with E-state index in [-0.39, 0.29) is 5.91 Å². The lowest BCUT2D eigenvalue weighted by Crippen LogP contribution is -2.35. The molecule has 2 fully saturated rings. The summed E-state index contributed by atoms with van der Waals surface area (Å²) < 4.78 is 7.62. The second kappa shape index (κ2) is 7.66. The zero-order valence-corrected chi connectivity index (χ0v) is 16.6. The summed E-state index contributed by atoms with van der Waals surface area (Å²) in [5.41, 5.74) is 3.27. The smallest absolute Gasteiger partial charge is 0.240 e. The summed E-state index contributed by atoms with van der Waals surface area (Å²) in [5.74, 6) is 0.0702. The summed E-state index contributed by atoms with van der Waals surface area (Å²) in [6.07, 6.45) is 4.00. The van der Waals surface area contributed by atoms with Crippen molar-refractivity contribution in [1.82, 2.24) is 19.8 Å². The highest BCUT2D eigenvalue weighted by Gasteiger charge is 2.26. The molecule has 28 heavy (non-hydrogen) atoms. The molecule has 0 radical (unpaired) electrons. The molecule has 7 heteroatoms. The van der Waals surface area contributed by atoms with Gasteiger partial charge in [0, 0.05) is 42.8 Å². The van der Waals surface area contributed by atoms with Crippen LogP contribution in [0.1, 0.15) is 18.4 Å². The molecule has 4 heterocycles. The van der Waals surface area contributed by atoms with Crippen LogP contribution in [-0.4, -0.2) is 52.7 Å². The average molecular weight is 397 g/mol.